The fraction of sp³-hybridized carbons (Fsp3) is 0.692. The van der Waals surface area contributed by atoms with Crippen LogP contribution in [0.4, 0.5) is 5.82 Å². The van der Waals surface area contributed by atoms with Gasteiger partial charge in [0, 0.05) is 25.2 Å². The molecule has 0 saturated carbocycles. The second-order valence-electron chi connectivity index (χ2n) is 4.61. The maximum absolute atomic E-state index is 9.21. The maximum Gasteiger partial charge on any atom is 0.218 e. The van der Waals surface area contributed by atoms with Crippen molar-refractivity contribution < 1.29 is 9.84 Å². The topological polar surface area (TPSA) is 70.5 Å². The van der Waals surface area contributed by atoms with Crippen LogP contribution in [0.25, 0.3) is 0 Å². The molecule has 106 valence electrons. The summed E-state index contributed by atoms with van der Waals surface area (Å²) in [6, 6.07) is 2.30. The molecule has 6 heteroatoms. The average Bonchev–Trinajstić information content (AvgIpc) is 2.92. The number of aliphatic hydroxyl groups is 1. The second-order valence-corrected chi connectivity index (χ2v) is 4.61. The van der Waals surface area contributed by atoms with Crippen LogP contribution in [-0.2, 0) is 0 Å². The third kappa shape index (κ3) is 4.04. The average molecular weight is 266 g/mol. The van der Waals surface area contributed by atoms with E-state index >= 15 is 0 Å². The summed E-state index contributed by atoms with van der Waals surface area (Å²) in [5.74, 6) is 1.39. The van der Waals surface area contributed by atoms with E-state index in [0.717, 1.165) is 18.9 Å². The molecule has 2 rings (SSSR count). The Hall–Kier alpha value is -1.40. The number of aromatic nitrogens is 2. The van der Waals surface area contributed by atoms with Gasteiger partial charge in [-0.25, -0.2) is 9.97 Å². The Morgan fingerprint density at radius 1 is 1.53 bits per heavy atom. The molecule has 0 aromatic carbocycles. The van der Waals surface area contributed by atoms with Crippen LogP contribution >= 0.6 is 0 Å². The van der Waals surface area contributed by atoms with Crippen molar-refractivity contribution in [1.29, 1.82) is 0 Å². The number of hydrogen-bond acceptors (Lipinski definition) is 6. The highest BCUT2D eigenvalue weighted by Crippen LogP contribution is 2.17. The summed E-state index contributed by atoms with van der Waals surface area (Å²) in [4.78, 5) is 10.4. The lowest BCUT2D eigenvalue weighted by Gasteiger charge is -2.26. The van der Waals surface area contributed by atoms with Gasteiger partial charge in [-0.05, 0) is 26.3 Å². The molecule has 2 N–H and O–H groups in total. The Bertz CT molecular complexity index is 383. The van der Waals surface area contributed by atoms with E-state index in [1.165, 1.54) is 19.2 Å². The van der Waals surface area contributed by atoms with E-state index in [1.807, 2.05) is 13.0 Å². The lowest BCUT2D eigenvalue weighted by molar-refractivity contribution is 0.299. The summed E-state index contributed by atoms with van der Waals surface area (Å²) < 4.78 is 5.39. The number of rotatable bonds is 7. The van der Waals surface area contributed by atoms with Crippen molar-refractivity contribution in [2.45, 2.75) is 25.8 Å². The number of hydrogen-bond donors (Lipinski definition) is 2. The first-order valence-electron chi connectivity index (χ1n) is 6.87. The van der Waals surface area contributed by atoms with Crippen molar-refractivity contribution in [3.63, 3.8) is 0 Å². The van der Waals surface area contributed by atoms with E-state index in [2.05, 4.69) is 20.2 Å². The van der Waals surface area contributed by atoms with Gasteiger partial charge in [0.2, 0.25) is 5.88 Å². The molecule has 0 radical (unpaired) electrons. The molecule has 1 saturated heterocycles. The summed E-state index contributed by atoms with van der Waals surface area (Å²) >= 11 is 0. The Kier molecular flexibility index (Phi) is 5.35. The monoisotopic (exact) mass is 266 g/mol. The van der Waals surface area contributed by atoms with Crippen molar-refractivity contribution in [1.82, 2.24) is 15.3 Å². The van der Waals surface area contributed by atoms with Crippen molar-refractivity contribution in [3.8, 4) is 5.88 Å². The molecular weight excluding hydrogens is 244 g/mol. The number of nitrogens with zero attached hydrogens (tertiary/aromatic N) is 3. The Labute approximate surface area is 113 Å². The van der Waals surface area contributed by atoms with Gasteiger partial charge in [-0.3, -0.25) is 0 Å². The molecule has 1 unspecified atom stereocenters. The predicted molar refractivity (Wildman–Crippen MR) is 73.5 cm³/mol. The predicted octanol–water partition coefficient (Wildman–Crippen LogP) is 0.426. The zero-order valence-corrected chi connectivity index (χ0v) is 11.4. The van der Waals surface area contributed by atoms with Crippen LogP contribution in [0, 0.1) is 0 Å². The lowest BCUT2D eigenvalue weighted by atomic mass is 10.2. The highest BCUT2D eigenvalue weighted by molar-refractivity contribution is 5.41. The van der Waals surface area contributed by atoms with Gasteiger partial charge >= 0.3 is 0 Å². The van der Waals surface area contributed by atoms with E-state index in [9.17, 15) is 5.11 Å². The van der Waals surface area contributed by atoms with E-state index in [0.29, 0.717) is 25.1 Å². The normalized spacial score (nSPS) is 18.5. The van der Waals surface area contributed by atoms with Crippen LogP contribution in [0.2, 0.25) is 0 Å². The van der Waals surface area contributed by atoms with Gasteiger partial charge in [-0.2, -0.15) is 0 Å². The fourth-order valence-electron chi connectivity index (χ4n) is 2.33. The SMILES string of the molecule is CCOc1cc(N(CCO)CC2CCCN2)ncn1. The molecule has 1 aromatic rings. The minimum absolute atomic E-state index is 0.112. The van der Waals surface area contributed by atoms with Crippen LogP contribution in [0.5, 0.6) is 5.88 Å². The molecule has 19 heavy (non-hydrogen) atoms. The second kappa shape index (κ2) is 7.25. The van der Waals surface area contributed by atoms with Gasteiger partial charge in [0.15, 0.2) is 0 Å². The van der Waals surface area contributed by atoms with Crippen LogP contribution in [0.15, 0.2) is 12.4 Å². The Balaban J connectivity index is 2.05. The van der Waals surface area contributed by atoms with Crippen molar-refractivity contribution >= 4 is 5.82 Å². The molecule has 0 bridgehead atoms. The van der Waals surface area contributed by atoms with Crippen molar-refractivity contribution in [2.24, 2.45) is 0 Å². The number of ether oxygens (including phenoxy) is 1. The minimum atomic E-state index is 0.112. The van der Waals surface area contributed by atoms with Crippen molar-refractivity contribution in [2.75, 3.05) is 37.7 Å². The standard InChI is InChI=1S/C13H22N4O2/c1-2-19-13-8-12(15-10-16-13)17(6-7-18)9-11-4-3-5-14-11/h8,10-11,14,18H,2-7,9H2,1H3. The summed E-state index contributed by atoms with van der Waals surface area (Å²) in [6.45, 7) is 5.12. The Morgan fingerprint density at radius 2 is 2.42 bits per heavy atom. The Morgan fingerprint density at radius 3 is 3.11 bits per heavy atom. The molecule has 2 heterocycles. The molecule has 0 spiro atoms. The van der Waals surface area contributed by atoms with E-state index in [4.69, 9.17) is 4.74 Å². The molecule has 1 aliphatic heterocycles. The first kappa shape index (κ1) is 14.0. The minimum Gasteiger partial charge on any atom is -0.478 e. The quantitative estimate of drug-likeness (QED) is 0.745. The highest BCUT2D eigenvalue weighted by atomic mass is 16.5. The van der Waals surface area contributed by atoms with Gasteiger partial charge < -0.3 is 20.1 Å². The van der Waals surface area contributed by atoms with E-state index < -0.39 is 0 Å². The van der Waals surface area contributed by atoms with Crippen LogP contribution in [0.3, 0.4) is 0 Å². The first-order valence-corrected chi connectivity index (χ1v) is 6.87. The summed E-state index contributed by atoms with van der Waals surface area (Å²) in [5.41, 5.74) is 0. The lowest BCUT2D eigenvalue weighted by Crippen LogP contribution is -2.39. The van der Waals surface area contributed by atoms with Gasteiger partial charge in [-0.15, -0.1) is 0 Å². The largest absolute Gasteiger partial charge is 0.478 e. The highest BCUT2D eigenvalue weighted by Gasteiger charge is 2.19. The molecule has 1 aliphatic rings. The van der Waals surface area contributed by atoms with E-state index in [1.54, 1.807) is 0 Å². The van der Waals surface area contributed by atoms with Crippen molar-refractivity contribution in [3.05, 3.63) is 12.4 Å². The zero-order chi connectivity index (χ0) is 13.5. The van der Waals surface area contributed by atoms with Crippen LogP contribution in [0.1, 0.15) is 19.8 Å². The number of anilines is 1. The summed E-state index contributed by atoms with van der Waals surface area (Å²) in [5, 5.41) is 12.7. The van der Waals surface area contributed by atoms with Crippen LogP contribution < -0.4 is 15.0 Å². The molecule has 1 atom stereocenters. The first-order chi connectivity index (χ1) is 9.33. The molecule has 1 fully saturated rings. The van der Waals surface area contributed by atoms with Gasteiger partial charge in [0.1, 0.15) is 12.1 Å². The third-order valence-electron chi connectivity index (χ3n) is 3.22. The van der Waals surface area contributed by atoms with Gasteiger partial charge in [0.25, 0.3) is 0 Å². The maximum atomic E-state index is 9.21. The molecule has 6 nitrogen and oxygen atoms in total. The number of aliphatic hydroxyl groups excluding tert-OH is 1. The fourth-order valence-corrected chi connectivity index (χ4v) is 2.33. The van der Waals surface area contributed by atoms with Gasteiger partial charge in [0.05, 0.1) is 13.2 Å². The summed E-state index contributed by atoms with van der Waals surface area (Å²) in [6.07, 6.45) is 3.89. The zero-order valence-electron chi connectivity index (χ0n) is 11.4. The van der Waals surface area contributed by atoms with E-state index in [-0.39, 0.29) is 6.61 Å². The molecule has 0 aliphatic carbocycles. The summed E-state index contributed by atoms with van der Waals surface area (Å²) in [7, 11) is 0. The van der Waals surface area contributed by atoms with Gasteiger partial charge in [-0.1, -0.05) is 0 Å². The molecule has 1 aromatic heterocycles. The third-order valence-corrected chi connectivity index (χ3v) is 3.22. The molecular formula is C13H22N4O2. The molecule has 0 amide bonds. The van der Waals surface area contributed by atoms with Crippen LogP contribution in [-0.4, -0.2) is 54.0 Å². The smallest absolute Gasteiger partial charge is 0.218 e. The number of nitrogens with one attached hydrogen (secondary N) is 1.